The summed E-state index contributed by atoms with van der Waals surface area (Å²) >= 11 is 1.01. The van der Waals surface area contributed by atoms with Crippen molar-refractivity contribution in [2.45, 2.75) is 38.5 Å². The van der Waals surface area contributed by atoms with Gasteiger partial charge < -0.3 is 14.6 Å². The summed E-state index contributed by atoms with van der Waals surface area (Å²) in [7, 11) is 0. The van der Waals surface area contributed by atoms with Crippen LogP contribution >= 0.6 is 11.5 Å². The molecule has 1 aliphatic heterocycles. The highest BCUT2D eigenvalue weighted by molar-refractivity contribution is 7.06. The minimum atomic E-state index is -1.05. The number of benzene rings is 1. The van der Waals surface area contributed by atoms with Gasteiger partial charge in [0.25, 0.3) is 0 Å². The molecule has 1 aromatic heterocycles. The van der Waals surface area contributed by atoms with E-state index in [1.165, 1.54) is 0 Å². The van der Waals surface area contributed by atoms with Gasteiger partial charge in [-0.25, -0.2) is 13.2 Å². The number of aryl methyl sites for hydroxylation is 1. The zero-order valence-corrected chi connectivity index (χ0v) is 15.2. The number of halogens is 3. The van der Waals surface area contributed by atoms with Crippen LogP contribution in [0.25, 0.3) is 0 Å². The maximum absolute atomic E-state index is 14.2. The van der Waals surface area contributed by atoms with Crippen molar-refractivity contribution in [1.29, 1.82) is 0 Å². The van der Waals surface area contributed by atoms with E-state index in [0.717, 1.165) is 30.1 Å². The van der Waals surface area contributed by atoms with E-state index in [-0.39, 0.29) is 30.9 Å². The summed E-state index contributed by atoms with van der Waals surface area (Å²) in [4.78, 5) is 11.0. The molecule has 146 valence electrons. The lowest BCUT2D eigenvalue weighted by Crippen LogP contribution is -2.08. The lowest BCUT2D eigenvalue weighted by atomic mass is 10.0. The molecule has 1 N–H and O–H groups in total. The van der Waals surface area contributed by atoms with E-state index in [1.807, 2.05) is 0 Å². The summed E-state index contributed by atoms with van der Waals surface area (Å²) in [5, 5.41) is 8.67. The Morgan fingerprint density at radius 2 is 2.11 bits per heavy atom. The second-order valence-corrected chi connectivity index (χ2v) is 7.09. The zero-order chi connectivity index (χ0) is 19.4. The minimum absolute atomic E-state index is 0.00965. The van der Waals surface area contributed by atoms with Gasteiger partial charge in [0.15, 0.2) is 17.4 Å². The number of aliphatic carboxylic acids is 1. The molecule has 0 spiro atoms. The van der Waals surface area contributed by atoms with Crippen molar-refractivity contribution in [3.8, 4) is 5.75 Å². The van der Waals surface area contributed by atoms with E-state index in [0.29, 0.717) is 29.3 Å². The number of rotatable bonds is 8. The van der Waals surface area contributed by atoms with E-state index in [2.05, 4.69) is 4.37 Å². The monoisotopic (exact) mass is 401 g/mol. The number of ether oxygens (including phenoxy) is 2. The van der Waals surface area contributed by atoms with E-state index in [1.54, 1.807) is 0 Å². The molecule has 0 bridgehead atoms. The van der Waals surface area contributed by atoms with E-state index in [9.17, 15) is 18.0 Å². The van der Waals surface area contributed by atoms with Crippen LogP contribution in [0.1, 0.15) is 40.5 Å². The standard InChI is InChI=1S/C18H18F3NO4S/c19-7-15-12(17(22-27-15)11-3-4-25-8-11)9-26-18-13(20)5-10(6-14(18)21)1-2-16(23)24/h5-6,11H,1-4,7-9H2,(H,23,24). The molecule has 2 heterocycles. The van der Waals surface area contributed by atoms with Crippen LogP contribution in [0.3, 0.4) is 0 Å². The van der Waals surface area contributed by atoms with Crippen LogP contribution < -0.4 is 4.74 Å². The van der Waals surface area contributed by atoms with Crippen molar-refractivity contribution in [1.82, 2.24) is 4.37 Å². The number of carbonyl (C=O) groups is 1. The Morgan fingerprint density at radius 3 is 2.70 bits per heavy atom. The van der Waals surface area contributed by atoms with Gasteiger partial charge in [0, 0.05) is 24.5 Å². The average Bonchev–Trinajstić information content (AvgIpc) is 3.28. The summed E-state index contributed by atoms with van der Waals surface area (Å²) in [5.41, 5.74) is 1.39. The molecule has 0 saturated carbocycles. The summed E-state index contributed by atoms with van der Waals surface area (Å²) in [6.07, 6.45) is 0.533. The summed E-state index contributed by atoms with van der Waals surface area (Å²) in [6, 6.07) is 2.10. The van der Waals surface area contributed by atoms with Crippen molar-refractivity contribution >= 4 is 17.5 Å². The maximum atomic E-state index is 14.2. The Hall–Kier alpha value is -2.13. The van der Waals surface area contributed by atoms with Crippen LogP contribution in [0.15, 0.2) is 12.1 Å². The van der Waals surface area contributed by atoms with Gasteiger partial charge in [-0.1, -0.05) is 0 Å². The van der Waals surface area contributed by atoms with Gasteiger partial charge in [0.05, 0.1) is 17.2 Å². The number of hydrogen-bond acceptors (Lipinski definition) is 5. The van der Waals surface area contributed by atoms with E-state index < -0.39 is 30.0 Å². The first-order valence-electron chi connectivity index (χ1n) is 8.43. The van der Waals surface area contributed by atoms with Crippen LogP contribution in [-0.2, 0) is 29.2 Å². The highest BCUT2D eigenvalue weighted by Crippen LogP contribution is 2.33. The van der Waals surface area contributed by atoms with Gasteiger partial charge in [-0.2, -0.15) is 4.37 Å². The Kier molecular flexibility index (Phi) is 6.33. The quantitative estimate of drug-likeness (QED) is 0.724. The fourth-order valence-corrected chi connectivity index (χ4v) is 3.77. The number of alkyl halides is 1. The third-order valence-electron chi connectivity index (χ3n) is 4.38. The van der Waals surface area contributed by atoms with Crippen molar-refractivity contribution in [3.63, 3.8) is 0 Å². The Morgan fingerprint density at radius 1 is 1.37 bits per heavy atom. The summed E-state index contributed by atoms with van der Waals surface area (Å²) < 4.78 is 56.7. The van der Waals surface area contributed by atoms with E-state index >= 15 is 0 Å². The molecule has 1 unspecified atom stereocenters. The summed E-state index contributed by atoms with van der Waals surface area (Å²) in [5.74, 6) is -3.45. The largest absolute Gasteiger partial charge is 0.483 e. The average molecular weight is 401 g/mol. The van der Waals surface area contributed by atoms with Crippen LogP contribution in [0.5, 0.6) is 5.75 Å². The van der Waals surface area contributed by atoms with Gasteiger partial charge >= 0.3 is 5.97 Å². The molecule has 0 radical (unpaired) electrons. The van der Waals surface area contributed by atoms with Gasteiger partial charge in [-0.3, -0.25) is 4.79 Å². The number of hydrogen-bond donors (Lipinski definition) is 1. The highest BCUT2D eigenvalue weighted by Gasteiger charge is 2.26. The third-order valence-corrected chi connectivity index (χ3v) is 5.25. The fraction of sp³-hybridized carbons (Fsp3) is 0.444. The van der Waals surface area contributed by atoms with Crippen LogP contribution in [0.2, 0.25) is 0 Å². The predicted molar refractivity (Wildman–Crippen MR) is 91.7 cm³/mol. The maximum Gasteiger partial charge on any atom is 0.303 e. The smallest absolute Gasteiger partial charge is 0.303 e. The van der Waals surface area contributed by atoms with Crippen molar-refractivity contribution < 1.29 is 32.5 Å². The Balaban J connectivity index is 1.77. The molecular weight excluding hydrogens is 383 g/mol. The molecule has 9 heteroatoms. The van der Waals surface area contributed by atoms with Crippen LogP contribution in [-0.4, -0.2) is 28.7 Å². The second-order valence-electron chi connectivity index (χ2n) is 6.23. The van der Waals surface area contributed by atoms with Crippen LogP contribution in [0.4, 0.5) is 13.2 Å². The van der Waals surface area contributed by atoms with Gasteiger partial charge in [-0.05, 0) is 42.1 Å². The number of nitrogens with zero attached hydrogens (tertiary/aromatic N) is 1. The van der Waals surface area contributed by atoms with Crippen molar-refractivity contribution in [2.75, 3.05) is 13.2 Å². The molecular formula is C18H18F3NO4S. The molecule has 1 aromatic carbocycles. The topological polar surface area (TPSA) is 68.7 Å². The van der Waals surface area contributed by atoms with Gasteiger partial charge in [0.1, 0.15) is 13.3 Å². The molecule has 5 nitrogen and oxygen atoms in total. The molecule has 2 aromatic rings. The van der Waals surface area contributed by atoms with Gasteiger partial charge in [-0.15, -0.1) is 0 Å². The second kappa shape index (κ2) is 8.71. The molecule has 1 aliphatic rings. The number of aromatic nitrogens is 1. The summed E-state index contributed by atoms with van der Waals surface area (Å²) in [6.45, 7) is 0.130. The van der Waals surface area contributed by atoms with Crippen molar-refractivity contribution in [3.05, 3.63) is 45.5 Å². The SMILES string of the molecule is O=C(O)CCc1cc(F)c(OCc2c(C3CCOC3)nsc2CF)c(F)c1. The van der Waals surface area contributed by atoms with Crippen LogP contribution in [0, 0.1) is 11.6 Å². The molecule has 0 amide bonds. The normalized spacial score (nSPS) is 16.6. The minimum Gasteiger partial charge on any atom is -0.483 e. The number of carboxylic acid groups (broad SMARTS) is 1. The lowest BCUT2D eigenvalue weighted by molar-refractivity contribution is -0.136. The van der Waals surface area contributed by atoms with Crippen molar-refractivity contribution in [2.24, 2.45) is 0 Å². The molecule has 1 fully saturated rings. The first kappa shape index (κ1) is 19.6. The highest BCUT2D eigenvalue weighted by atomic mass is 32.1. The first-order valence-corrected chi connectivity index (χ1v) is 9.20. The molecule has 3 rings (SSSR count). The zero-order valence-electron chi connectivity index (χ0n) is 14.3. The molecule has 1 atom stereocenters. The fourth-order valence-electron chi connectivity index (χ4n) is 2.98. The third kappa shape index (κ3) is 4.59. The Labute approximate surface area is 157 Å². The molecule has 1 saturated heterocycles. The Bertz CT molecular complexity index is 798. The molecule has 0 aliphatic carbocycles. The molecule has 27 heavy (non-hydrogen) atoms. The lowest BCUT2D eigenvalue weighted by Gasteiger charge is -2.13. The predicted octanol–water partition coefficient (Wildman–Crippen LogP) is 3.99. The number of carboxylic acids is 1. The van der Waals surface area contributed by atoms with Gasteiger partial charge in [0.2, 0.25) is 0 Å². The van der Waals surface area contributed by atoms with E-state index in [4.69, 9.17) is 14.6 Å². The first-order chi connectivity index (χ1) is 13.0.